The van der Waals surface area contributed by atoms with Crippen LogP contribution in [-0.4, -0.2) is 17.4 Å². The van der Waals surface area contributed by atoms with Crippen LogP contribution < -0.4 is 4.80 Å². The van der Waals surface area contributed by atoms with E-state index in [4.69, 9.17) is 4.42 Å². The van der Waals surface area contributed by atoms with Gasteiger partial charge in [0.2, 0.25) is 4.80 Å². The minimum Gasteiger partial charge on any atom is -0.460 e. The zero-order valence-corrected chi connectivity index (χ0v) is 13.7. The lowest BCUT2D eigenvalue weighted by atomic mass is 10.2. The van der Waals surface area contributed by atoms with Gasteiger partial charge in [-0.15, -0.1) is 17.9 Å². The van der Waals surface area contributed by atoms with Crippen molar-refractivity contribution >= 4 is 17.6 Å². The van der Waals surface area contributed by atoms with Crippen LogP contribution in [0.1, 0.15) is 11.5 Å². The van der Waals surface area contributed by atoms with Crippen molar-refractivity contribution in [2.75, 3.05) is 6.54 Å². The average Bonchev–Trinajstić information content (AvgIpc) is 3.17. The lowest BCUT2D eigenvalue weighted by Gasteiger charge is -2.02. The molecular weight excluding hydrogens is 306 g/mol. The van der Waals surface area contributed by atoms with Gasteiger partial charge in [-0.05, 0) is 19.1 Å². The summed E-state index contributed by atoms with van der Waals surface area (Å²) in [5.41, 5.74) is 2.09. The van der Waals surface area contributed by atoms with Crippen LogP contribution in [0.2, 0.25) is 0 Å². The van der Waals surface area contributed by atoms with Crippen LogP contribution in [0.3, 0.4) is 0 Å². The summed E-state index contributed by atoms with van der Waals surface area (Å²) in [6, 6.07) is 14.0. The number of benzene rings is 1. The topological polar surface area (TPSA) is 42.8 Å². The molecule has 2 heterocycles. The minimum absolute atomic E-state index is 0.560. The number of furan rings is 1. The summed E-state index contributed by atoms with van der Waals surface area (Å²) in [5, 5.41) is 6.62. The van der Waals surface area contributed by atoms with Crippen molar-refractivity contribution in [3.8, 4) is 11.3 Å². The van der Waals surface area contributed by atoms with Gasteiger partial charge in [0.25, 0.3) is 0 Å². The van der Waals surface area contributed by atoms with Gasteiger partial charge in [-0.25, -0.2) is 4.68 Å². The van der Waals surface area contributed by atoms with Crippen molar-refractivity contribution < 1.29 is 4.42 Å². The number of thiazole rings is 1. The maximum atomic E-state index is 5.54. The van der Waals surface area contributed by atoms with Gasteiger partial charge in [0, 0.05) is 10.9 Å². The summed E-state index contributed by atoms with van der Waals surface area (Å²) in [5.74, 6) is 1.58. The molecular formula is C18H17N3OS. The van der Waals surface area contributed by atoms with Crippen molar-refractivity contribution in [1.82, 2.24) is 4.68 Å². The van der Waals surface area contributed by atoms with E-state index >= 15 is 0 Å². The molecule has 0 saturated heterocycles. The van der Waals surface area contributed by atoms with E-state index in [2.05, 4.69) is 34.2 Å². The standard InChI is InChI=1S/C18H17N3OS/c1-3-11-19-18-21(20-12-16-10-9-14(2)22-16)17(13-23-18)15-7-5-4-6-8-15/h3-10,12-13H,1,11H2,2H3. The zero-order valence-electron chi connectivity index (χ0n) is 12.8. The summed E-state index contributed by atoms with van der Waals surface area (Å²) in [7, 11) is 0. The Morgan fingerprint density at radius 3 is 2.74 bits per heavy atom. The molecule has 0 atom stereocenters. The summed E-state index contributed by atoms with van der Waals surface area (Å²) >= 11 is 1.56. The lowest BCUT2D eigenvalue weighted by Crippen LogP contribution is -2.12. The van der Waals surface area contributed by atoms with Crippen molar-refractivity contribution in [1.29, 1.82) is 0 Å². The molecule has 3 rings (SSSR count). The van der Waals surface area contributed by atoms with Gasteiger partial charge < -0.3 is 4.42 Å². The molecule has 0 unspecified atom stereocenters. The first-order valence-electron chi connectivity index (χ1n) is 7.26. The van der Waals surface area contributed by atoms with Crippen molar-refractivity contribution in [2.24, 2.45) is 10.1 Å². The molecule has 116 valence electrons. The molecule has 5 heteroatoms. The van der Waals surface area contributed by atoms with Gasteiger partial charge in [-0.2, -0.15) is 5.10 Å². The molecule has 0 bridgehead atoms. The fraction of sp³-hybridized carbons (Fsp3) is 0.111. The number of hydrogen-bond acceptors (Lipinski definition) is 4. The molecule has 0 fully saturated rings. The first-order valence-corrected chi connectivity index (χ1v) is 8.14. The van der Waals surface area contributed by atoms with E-state index in [1.54, 1.807) is 23.6 Å². The second-order valence-corrected chi connectivity index (χ2v) is 5.74. The van der Waals surface area contributed by atoms with E-state index in [1.165, 1.54) is 0 Å². The molecule has 0 aliphatic rings. The molecule has 4 nitrogen and oxygen atoms in total. The number of rotatable bonds is 5. The predicted octanol–water partition coefficient (Wildman–Crippen LogP) is 4.09. The van der Waals surface area contributed by atoms with Gasteiger partial charge >= 0.3 is 0 Å². The fourth-order valence-electron chi connectivity index (χ4n) is 2.11. The smallest absolute Gasteiger partial charge is 0.206 e. The SMILES string of the molecule is C=CCN=c1scc(-c2ccccc2)n1N=Cc1ccc(C)o1. The Morgan fingerprint density at radius 1 is 1.22 bits per heavy atom. The normalized spacial score (nSPS) is 12.1. The van der Waals surface area contributed by atoms with Crippen LogP contribution >= 0.6 is 11.3 Å². The van der Waals surface area contributed by atoms with Gasteiger partial charge in [-0.1, -0.05) is 36.4 Å². The lowest BCUT2D eigenvalue weighted by molar-refractivity contribution is 0.527. The molecule has 0 radical (unpaired) electrons. The van der Waals surface area contributed by atoms with E-state index in [-0.39, 0.29) is 0 Å². The second kappa shape index (κ2) is 7.07. The zero-order chi connectivity index (χ0) is 16.1. The van der Waals surface area contributed by atoms with Gasteiger partial charge in [0.05, 0.1) is 18.5 Å². The van der Waals surface area contributed by atoms with Crippen LogP contribution in [0.15, 0.2) is 75.0 Å². The summed E-state index contributed by atoms with van der Waals surface area (Å²) in [6.45, 7) is 6.19. The van der Waals surface area contributed by atoms with Crippen LogP contribution in [0, 0.1) is 6.92 Å². The summed E-state index contributed by atoms with van der Waals surface area (Å²) < 4.78 is 7.38. The van der Waals surface area contributed by atoms with Crippen molar-refractivity contribution in [2.45, 2.75) is 6.92 Å². The number of aromatic nitrogens is 1. The third kappa shape index (κ3) is 3.57. The molecule has 23 heavy (non-hydrogen) atoms. The number of hydrogen-bond donors (Lipinski definition) is 0. The predicted molar refractivity (Wildman–Crippen MR) is 94.8 cm³/mol. The molecule has 0 aliphatic heterocycles. The van der Waals surface area contributed by atoms with Crippen LogP contribution in [-0.2, 0) is 0 Å². The highest BCUT2D eigenvalue weighted by molar-refractivity contribution is 7.07. The fourth-order valence-corrected chi connectivity index (χ4v) is 2.95. The third-order valence-electron chi connectivity index (χ3n) is 3.17. The maximum Gasteiger partial charge on any atom is 0.206 e. The van der Waals surface area contributed by atoms with E-state index in [0.29, 0.717) is 6.54 Å². The average molecular weight is 323 g/mol. The minimum atomic E-state index is 0.560. The monoisotopic (exact) mass is 323 g/mol. The number of aryl methyl sites for hydroxylation is 1. The molecule has 0 saturated carbocycles. The molecule has 0 amide bonds. The first kappa shape index (κ1) is 15.2. The van der Waals surface area contributed by atoms with Crippen LogP contribution in [0.5, 0.6) is 0 Å². The third-order valence-corrected chi connectivity index (χ3v) is 4.03. The molecule has 2 aromatic heterocycles. The van der Waals surface area contributed by atoms with Gasteiger partial charge in [0.15, 0.2) is 0 Å². The van der Waals surface area contributed by atoms with Crippen molar-refractivity contribution in [3.63, 3.8) is 0 Å². The van der Waals surface area contributed by atoms with E-state index in [0.717, 1.165) is 27.6 Å². The second-order valence-electron chi connectivity index (χ2n) is 4.90. The Kier molecular flexibility index (Phi) is 4.68. The number of nitrogens with zero attached hydrogens (tertiary/aromatic N) is 3. The Hall–Kier alpha value is -2.66. The van der Waals surface area contributed by atoms with Crippen LogP contribution in [0.4, 0.5) is 0 Å². The Balaban J connectivity index is 2.06. The Bertz CT molecular complexity index is 884. The molecule has 1 aromatic carbocycles. The van der Waals surface area contributed by atoms with Gasteiger partial charge in [0.1, 0.15) is 11.5 Å². The highest BCUT2D eigenvalue weighted by Gasteiger charge is 2.06. The van der Waals surface area contributed by atoms with Crippen LogP contribution in [0.25, 0.3) is 11.3 Å². The summed E-state index contributed by atoms with van der Waals surface area (Å²) in [6.07, 6.45) is 3.48. The first-order chi connectivity index (χ1) is 11.3. The Labute approximate surface area is 138 Å². The Morgan fingerprint density at radius 2 is 2.04 bits per heavy atom. The van der Waals surface area contributed by atoms with E-state index < -0.39 is 0 Å². The molecule has 0 aliphatic carbocycles. The van der Waals surface area contributed by atoms with Gasteiger partial charge in [-0.3, -0.25) is 4.99 Å². The molecule has 0 spiro atoms. The van der Waals surface area contributed by atoms with Crippen molar-refractivity contribution in [3.05, 3.63) is 76.8 Å². The molecule has 3 aromatic rings. The highest BCUT2D eigenvalue weighted by atomic mass is 32.1. The van der Waals surface area contributed by atoms with E-state index in [1.807, 2.05) is 41.9 Å². The highest BCUT2D eigenvalue weighted by Crippen LogP contribution is 2.19. The summed E-state index contributed by atoms with van der Waals surface area (Å²) in [4.78, 5) is 5.33. The maximum absolute atomic E-state index is 5.54. The molecule has 0 N–H and O–H groups in total. The quantitative estimate of drug-likeness (QED) is 0.515. The largest absolute Gasteiger partial charge is 0.460 e. The van der Waals surface area contributed by atoms with E-state index in [9.17, 15) is 0 Å².